The van der Waals surface area contributed by atoms with E-state index in [0.29, 0.717) is 25.4 Å². The molecule has 16 nitrogen and oxygen atoms in total. The first kappa shape index (κ1) is 45.6. The Bertz CT molecular complexity index is 2740. The van der Waals surface area contributed by atoms with E-state index in [9.17, 15) is 19.2 Å². The molecule has 10 atom stereocenters. The molecular formula is C52H64N8O8. The lowest BCUT2D eigenvalue weighted by atomic mass is 9.85. The number of benzene rings is 3. The number of hydrogen-bond acceptors (Lipinski definition) is 10. The Morgan fingerprint density at radius 2 is 1.62 bits per heavy atom. The molecule has 1 saturated carbocycles. The van der Waals surface area contributed by atoms with Crippen LogP contribution in [-0.2, 0) is 30.4 Å². The smallest absolute Gasteiger partial charge is 0.407 e. The molecule has 10 unspecified atom stereocenters. The summed E-state index contributed by atoms with van der Waals surface area (Å²) >= 11 is 0. The van der Waals surface area contributed by atoms with Crippen LogP contribution in [0.4, 0.5) is 9.59 Å². The fraction of sp³-hybridized carbons (Fsp3) is 0.538. The highest BCUT2D eigenvalue weighted by Gasteiger charge is 2.50. The molecule has 10 rings (SSSR count). The molecule has 5 aliphatic rings. The fourth-order valence-corrected chi connectivity index (χ4v) is 12.2. The van der Waals surface area contributed by atoms with Crippen LogP contribution in [-0.4, -0.2) is 104 Å². The molecule has 0 radical (unpaired) electrons. The summed E-state index contributed by atoms with van der Waals surface area (Å²) in [6.45, 7) is 10.5. The van der Waals surface area contributed by atoms with Gasteiger partial charge in [0.05, 0.1) is 61.4 Å². The minimum absolute atomic E-state index is 0.0340. The number of alkyl carbamates (subject to hydrolysis) is 2. The Kier molecular flexibility index (Phi) is 12.3. The van der Waals surface area contributed by atoms with Crippen LogP contribution in [0.5, 0.6) is 5.75 Å². The number of ether oxygens (including phenoxy) is 4. The first-order valence-corrected chi connectivity index (χ1v) is 24.6. The van der Waals surface area contributed by atoms with Crippen molar-refractivity contribution in [1.82, 2.24) is 40.4 Å². The van der Waals surface area contributed by atoms with Crippen LogP contribution < -0.4 is 15.4 Å². The van der Waals surface area contributed by atoms with Crippen LogP contribution in [0.15, 0.2) is 48.7 Å². The molecule has 4 fully saturated rings. The summed E-state index contributed by atoms with van der Waals surface area (Å²) < 4.78 is 22.4. The third kappa shape index (κ3) is 8.21. The number of H-pyrrole nitrogens is 2. The molecule has 2 aromatic heterocycles. The number of hydrogen-bond donors (Lipinski definition) is 4. The number of nitrogens with zero attached hydrogens (tertiary/aromatic N) is 4. The van der Waals surface area contributed by atoms with Gasteiger partial charge in [-0.05, 0) is 130 Å². The van der Waals surface area contributed by atoms with Crippen molar-refractivity contribution in [2.75, 3.05) is 14.2 Å². The Morgan fingerprint density at radius 1 is 0.838 bits per heavy atom. The highest BCUT2D eigenvalue weighted by Crippen LogP contribution is 2.49. The van der Waals surface area contributed by atoms with Gasteiger partial charge in [-0.1, -0.05) is 44.9 Å². The molecule has 0 spiro atoms. The van der Waals surface area contributed by atoms with Crippen LogP contribution in [0, 0.1) is 17.8 Å². The summed E-state index contributed by atoms with van der Waals surface area (Å²) in [7, 11) is 2.64. The summed E-state index contributed by atoms with van der Waals surface area (Å²) in [5.41, 5.74) is 6.65. The SMILES string of the molecule is CCC(C)C(NC(=O)OC)C(=O)N1C(c2ncc(-c3ccc4c(c3)COc3cc5c(ccc6[nH]c(C7CCC(C)N7C(=O)C(NC(=O)OC)C7CC(C)OC(C)C7)nc65)cc3-4)[nH]2)CC2CCCC21. The molecule has 4 aliphatic heterocycles. The number of imidazole rings is 2. The molecule has 4 amide bonds. The van der Waals surface area contributed by atoms with Crippen molar-refractivity contribution >= 4 is 45.8 Å². The molecule has 16 heteroatoms. The first-order valence-electron chi connectivity index (χ1n) is 24.6. The van der Waals surface area contributed by atoms with Crippen LogP contribution in [0.25, 0.3) is 44.2 Å². The number of aromatic amines is 2. The summed E-state index contributed by atoms with van der Waals surface area (Å²) in [5, 5.41) is 7.71. The second-order valence-electron chi connectivity index (χ2n) is 20.0. The maximum absolute atomic E-state index is 14.6. The van der Waals surface area contributed by atoms with Gasteiger partial charge in [0.2, 0.25) is 11.8 Å². The van der Waals surface area contributed by atoms with E-state index in [4.69, 9.17) is 28.9 Å². The van der Waals surface area contributed by atoms with E-state index in [0.717, 1.165) is 112 Å². The van der Waals surface area contributed by atoms with Gasteiger partial charge in [0, 0.05) is 23.0 Å². The number of methoxy groups -OCH3 is 2. The van der Waals surface area contributed by atoms with Crippen LogP contribution in [0.2, 0.25) is 0 Å². The largest absolute Gasteiger partial charge is 0.488 e. The minimum atomic E-state index is -0.754. The van der Waals surface area contributed by atoms with Gasteiger partial charge in [-0.15, -0.1) is 0 Å². The normalized spacial score (nSPS) is 26.6. The molecule has 3 aromatic carbocycles. The van der Waals surface area contributed by atoms with E-state index in [1.807, 2.05) is 49.8 Å². The number of nitrogens with one attached hydrogen (secondary N) is 4. The number of aromatic nitrogens is 4. The third-order valence-corrected chi connectivity index (χ3v) is 15.8. The topological polar surface area (TPSA) is 193 Å². The van der Waals surface area contributed by atoms with Crippen LogP contribution in [0.3, 0.4) is 0 Å². The molecule has 4 N–H and O–H groups in total. The number of carbonyl (C=O) groups is 4. The van der Waals surface area contributed by atoms with Crippen LogP contribution in [0.1, 0.15) is 122 Å². The highest BCUT2D eigenvalue weighted by atomic mass is 16.5. The van der Waals surface area contributed by atoms with Gasteiger partial charge in [-0.2, -0.15) is 0 Å². The molecule has 1 aliphatic carbocycles. The predicted molar refractivity (Wildman–Crippen MR) is 255 cm³/mol. The summed E-state index contributed by atoms with van der Waals surface area (Å²) in [5.74, 6) is 2.25. The van der Waals surface area contributed by atoms with Gasteiger partial charge in [-0.25, -0.2) is 19.6 Å². The van der Waals surface area contributed by atoms with E-state index in [2.05, 4.69) is 63.9 Å². The monoisotopic (exact) mass is 928 g/mol. The van der Waals surface area contributed by atoms with E-state index >= 15 is 0 Å². The average Bonchev–Trinajstić information content (AvgIpc) is 4.19. The molecule has 68 heavy (non-hydrogen) atoms. The third-order valence-electron chi connectivity index (χ3n) is 15.8. The van der Waals surface area contributed by atoms with Gasteiger partial charge in [0.1, 0.15) is 36.1 Å². The van der Waals surface area contributed by atoms with E-state index in [1.54, 1.807) is 0 Å². The number of fused-ring (bicyclic) bond motifs is 7. The molecular weight excluding hydrogens is 865 g/mol. The average molecular weight is 929 g/mol. The maximum atomic E-state index is 14.6. The lowest BCUT2D eigenvalue weighted by Gasteiger charge is -2.39. The van der Waals surface area contributed by atoms with E-state index in [-0.39, 0.29) is 60.0 Å². The van der Waals surface area contributed by atoms with E-state index in [1.165, 1.54) is 14.2 Å². The summed E-state index contributed by atoms with van der Waals surface area (Å²) in [6.07, 6.45) is 8.07. The zero-order chi connectivity index (χ0) is 47.5. The standard InChI is InChI=1S/C52H64N8O8/c1-8-26(2)44(57-51(63)65-6)49(61)60-40-11-9-10-32(40)22-42(60)47-53-24-39(55-47)31-13-15-35-34(20-31)25-67-43-23-36-30(21-37(35)43)14-16-38-46(36)56-48(54-38)41-17-12-27(3)59(41)50(62)45(58-52(64)66-7)33-18-28(4)68-29(5)19-33/h13-16,20-21,23-24,26-29,32-33,40-42,44-45H,8-12,17-19,22,25H2,1-7H3,(H,53,55)(H,54,56)(H,57,63)(H,58,64). The predicted octanol–water partition coefficient (Wildman–Crippen LogP) is 8.86. The lowest BCUT2D eigenvalue weighted by Crippen LogP contribution is -2.55. The summed E-state index contributed by atoms with van der Waals surface area (Å²) in [4.78, 5) is 75.2. The van der Waals surface area contributed by atoms with Gasteiger partial charge in [0.15, 0.2) is 0 Å². The van der Waals surface area contributed by atoms with E-state index < -0.39 is 24.3 Å². The van der Waals surface area contributed by atoms with Crippen molar-refractivity contribution in [1.29, 1.82) is 0 Å². The van der Waals surface area contributed by atoms with Gasteiger partial charge < -0.3 is 49.3 Å². The number of carbonyl (C=O) groups excluding carboxylic acids is 4. The van der Waals surface area contributed by atoms with Gasteiger partial charge in [-0.3, -0.25) is 9.59 Å². The van der Waals surface area contributed by atoms with Crippen molar-refractivity contribution in [3.63, 3.8) is 0 Å². The Morgan fingerprint density at radius 3 is 2.38 bits per heavy atom. The van der Waals surface area contributed by atoms with Crippen molar-refractivity contribution in [2.45, 2.75) is 147 Å². The zero-order valence-corrected chi connectivity index (χ0v) is 40.1. The quantitative estimate of drug-likeness (QED) is 0.105. The molecule has 3 saturated heterocycles. The Labute approximate surface area is 396 Å². The minimum Gasteiger partial charge on any atom is -0.488 e. The molecule has 360 valence electrons. The number of likely N-dealkylation sites (tertiary alicyclic amines) is 2. The van der Waals surface area contributed by atoms with Crippen molar-refractivity contribution in [3.05, 3.63) is 65.9 Å². The second kappa shape index (κ2) is 18.4. The van der Waals surface area contributed by atoms with Gasteiger partial charge >= 0.3 is 12.2 Å². The molecule has 0 bridgehead atoms. The maximum Gasteiger partial charge on any atom is 0.407 e. The zero-order valence-electron chi connectivity index (χ0n) is 40.1. The second-order valence-corrected chi connectivity index (χ2v) is 20.0. The van der Waals surface area contributed by atoms with Gasteiger partial charge in [0.25, 0.3) is 0 Å². The molecule has 6 heterocycles. The first-order chi connectivity index (χ1) is 32.8. The highest BCUT2D eigenvalue weighted by molar-refractivity contribution is 6.07. The molecule has 5 aromatic rings. The summed E-state index contributed by atoms with van der Waals surface area (Å²) in [6, 6.07) is 12.9. The van der Waals surface area contributed by atoms with Crippen molar-refractivity contribution in [2.24, 2.45) is 17.8 Å². The Balaban J connectivity index is 0.905. The van der Waals surface area contributed by atoms with Crippen molar-refractivity contribution in [3.8, 4) is 28.1 Å². The fourth-order valence-electron chi connectivity index (χ4n) is 12.2. The Hall–Kier alpha value is -6.16. The van der Waals surface area contributed by atoms with Crippen LogP contribution >= 0.6 is 0 Å². The van der Waals surface area contributed by atoms with Crippen molar-refractivity contribution < 1.29 is 38.1 Å². The number of amides is 4. The number of rotatable bonds is 10. The lowest BCUT2D eigenvalue weighted by molar-refractivity contribution is -0.140.